The molecule has 0 aromatic heterocycles. The van der Waals surface area contributed by atoms with Gasteiger partial charge < -0.3 is 4.74 Å². The highest BCUT2D eigenvalue weighted by Gasteiger charge is 2.45. The second kappa shape index (κ2) is 7.97. The number of ether oxygens (including phenoxy) is 1. The number of esters is 1. The number of carbonyl (C=O) groups is 3. The normalized spacial score (nSPS) is 20.5. The monoisotopic (exact) mass is 437 g/mol. The van der Waals surface area contributed by atoms with Gasteiger partial charge in [0.15, 0.2) is 5.78 Å². The Hall–Kier alpha value is -2.92. The van der Waals surface area contributed by atoms with Crippen LogP contribution in [0.1, 0.15) is 54.9 Å². The van der Waals surface area contributed by atoms with Crippen LogP contribution in [0.2, 0.25) is 5.02 Å². The number of carbonyl (C=O) groups excluding carboxylic acids is 3. The number of hydrogen-bond acceptors (Lipinski definition) is 4. The first-order valence-electron chi connectivity index (χ1n) is 10.2. The first kappa shape index (κ1) is 21.3. The fraction of sp³-hybridized carbons (Fsp3) is 0.320. The Bertz CT molecular complexity index is 1120. The number of methoxy groups -OCH3 is 1. The van der Waals surface area contributed by atoms with E-state index in [9.17, 15) is 14.4 Å². The fourth-order valence-corrected chi connectivity index (χ4v) is 4.94. The molecule has 0 fully saturated rings. The lowest BCUT2D eigenvalue weighted by Crippen LogP contribution is -2.44. The second-order valence-electron chi connectivity index (χ2n) is 8.82. The van der Waals surface area contributed by atoms with Crippen molar-refractivity contribution in [1.29, 1.82) is 0 Å². The minimum Gasteiger partial charge on any atom is -0.465 e. The molecule has 160 valence electrons. The molecule has 0 saturated heterocycles. The van der Waals surface area contributed by atoms with E-state index in [1.165, 1.54) is 7.11 Å². The Morgan fingerprint density at radius 3 is 2.45 bits per heavy atom. The van der Waals surface area contributed by atoms with Crippen LogP contribution in [0.5, 0.6) is 0 Å². The van der Waals surface area contributed by atoms with Gasteiger partial charge in [0.2, 0.25) is 5.91 Å². The Morgan fingerprint density at radius 2 is 1.74 bits per heavy atom. The van der Waals surface area contributed by atoms with Gasteiger partial charge in [-0.1, -0.05) is 55.8 Å². The van der Waals surface area contributed by atoms with Crippen LogP contribution in [0, 0.1) is 5.41 Å². The average Bonchev–Trinajstić information content (AvgIpc) is 2.72. The maximum absolute atomic E-state index is 13.5. The molecule has 1 unspecified atom stereocenters. The third-order valence-corrected chi connectivity index (χ3v) is 6.32. The summed E-state index contributed by atoms with van der Waals surface area (Å²) in [5, 5.41) is 0.535. The molecular formula is C25H24ClNO4. The minimum atomic E-state index is -0.528. The van der Waals surface area contributed by atoms with Gasteiger partial charge in [-0.25, -0.2) is 4.79 Å². The van der Waals surface area contributed by atoms with Gasteiger partial charge in [0, 0.05) is 35.1 Å². The number of benzene rings is 2. The first-order chi connectivity index (χ1) is 14.7. The summed E-state index contributed by atoms with van der Waals surface area (Å²) in [5.41, 5.74) is 2.47. The zero-order valence-electron chi connectivity index (χ0n) is 17.8. The van der Waals surface area contributed by atoms with Crippen molar-refractivity contribution in [3.05, 3.63) is 76.0 Å². The molecule has 0 radical (unpaired) electrons. The molecule has 0 spiro atoms. The van der Waals surface area contributed by atoms with Crippen molar-refractivity contribution < 1.29 is 19.1 Å². The van der Waals surface area contributed by atoms with Crippen molar-refractivity contribution in [2.45, 2.75) is 39.0 Å². The Labute approximate surface area is 186 Å². The zero-order chi connectivity index (χ0) is 22.3. The van der Waals surface area contributed by atoms with Crippen LogP contribution in [0.3, 0.4) is 0 Å². The van der Waals surface area contributed by atoms with Crippen LogP contribution < -0.4 is 4.90 Å². The summed E-state index contributed by atoms with van der Waals surface area (Å²) in [6, 6.07) is 14.2. The molecule has 1 aliphatic heterocycles. The number of nitrogens with zero attached hydrogens (tertiary/aromatic N) is 1. The molecule has 1 heterocycles. The van der Waals surface area contributed by atoms with Crippen molar-refractivity contribution >= 4 is 34.9 Å². The molecule has 1 aliphatic carbocycles. The summed E-state index contributed by atoms with van der Waals surface area (Å²) >= 11 is 6.46. The number of amides is 1. The van der Waals surface area contributed by atoms with E-state index in [0.29, 0.717) is 34.8 Å². The van der Waals surface area contributed by atoms with E-state index in [2.05, 4.69) is 0 Å². The second-order valence-corrected chi connectivity index (χ2v) is 9.22. The predicted molar refractivity (Wildman–Crippen MR) is 119 cm³/mol. The molecule has 4 rings (SSSR count). The third kappa shape index (κ3) is 3.79. The Kier molecular flexibility index (Phi) is 5.48. The number of Topliss-reactive ketones (excluding diaryl/α,β-unsaturated/α-hetero) is 1. The number of rotatable bonds is 3. The lowest BCUT2D eigenvalue weighted by molar-refractivity contribution is -0.121. The van der Waals surface area contributed by atoms with Crippen LogP contribution >= 0.6 is 11.6 Å². The quantitative estimate of drug-likeness (QED) is 0.612. The van der Waals surface area contributed by atoms with E-state index in [4.69, 9.17) is 16.3 Å². The zero-order valence-corrected chi connectivity index (χ0v) is 18.5. The highest BCUT2D eigenvalue weighted by Crippen LogP contribution is 2.49. The van der Waals surface area contributed by atoms with Crippen molar-refractivity contribution in [3.63, 3.8) is 0 Å². The van der Waals surface area contributed by atoms with Crippen LogP contribution in [0.25, 0.3) is 0 Å². The molecule has 31 heavy (non-hydrogen) atoms. The van der Waals surface area contributed by atoms with Crippen LogP contribution in [0.15, 0.2) is 59.8 Å². The van der Waals surface area contributed by atoms with Crippen LogP contribution in [0.4, 0.5) is 5.69 Å². The summed E-state index contributed by atoms with van der Waals surface area (Å²) in [6.07, 6.45) is 1.04. The standard InChI is InChI=1S/C25H24ClNO4/c1-25(2)13-20-23(21(28)14-25)17(15-8-4-6-10-18(15)26)12-22(29)27(20)19-11-7-5-9-16(19)24(30)31-3/h4-11,17H,12-14H2,1-3H3. The predicted octanol–water partition coefficient (Wildman–Crippen LogP) is 5.29. The maximum atomic E-state index is 13.5. The van der Waals surface area contributed by atoms with E-state index >= 15 is 0 Å². The summed E-state index contributed by atoms with van der Waals surface area (Å²) in [7, 11) is 1.31. The largest absolute Gasteiger partial charge is 0.465 e. The highest BCUT2D eigenvalue weighted by molar-refractivity contribution is 6.31. The molecule has 2 aliphatic rings. The lowest BCUT2D eigenvalue weighted by Gasteiger charge is -2.43. The third-order valence-electron chi connectivity index (χ3n) is 5.97. The Morgan fingerprint density at radius 1 is 1.06 bits per heavy atom. The van der Waals surface area contributed by atoms with E-state index < -0.39 is 11.9 Å². The number of ketones is 1. The molecule has 6 heteroatoms. The van der Waals surface area contributed by atoms with Gasteiger partial charge in [0.25, 0.3) is 0 Å². The maximum Gasteiger partial charge on any atom is 0.339 e. The smallest absolute Gasteiger partial charge is 0.339 e. The number of para-hydroxylation sites is 1. The van der Waals surface area contributed by atoms with Crippen LogP contribution in [-0.2, 0) is 14.3 Å². The average molecular weight is 438 g/mol. The summed E-state index contributed by atoms with van der Waals surface area (Å²) in [5.74, 6) is -1.09. The minimum absolute atomic E-state index is 0.0178. The Balaban J connectivity index is 1.95. The number of allylic oxidation sites excluding steroid dienone is 2. The fourth-order valence-electron chi connectivity index (χ4n) is 4.67. The molecule has 0 N–H and O–H groups in total. The van der Waals surface area contributed by atoms with Crippen molar-refractivity contribution in [1.82, 2.24) is 0 Å². The van der Waals surface area contributed by atoms with Gasteiger partial charge in [-0.15, -0.1) is 0 Å². The molecule has 0 bridgehead atoms. The SMILES string of the molecule is COC(=O)c1ccccc1N1C(=O)CC(c2ccccc2Cl)C2=C1CC(C)(C)CC2=O. The van der Waals surface area contributed by atoms with E-state index in [1.54, 1.807) is 35.2 Å². The topological polar surface area (TPSA) is 63.7 Å². The van der Waals surface area contributed by atoms with Crippen molar-refractivity contribution in [2.24, 2.45) is 5.41 Å². The molecular weight excluding hydrogens is 414 g/mol. The van der Waals surface area contributed by atoms with Gasteiger partial charge in [0.05, 0.1) is 18.4 Å². The van der Waals surface area contributed by atoms with Crippen molar-refractivity contribution in [3.8, 4) is 0 Å². The first-order valence-corrected chi connectivity index (χ1v) is 10.6. The molecule has 0 saturated carbocycles. The molecule has 2 aromatic rings. The van der Waals surface area contributed by atoms with Gasteiger partial charge >= 0.3 is 5.97 Å². The number of halogens is 1. The van der Waals surface area contributed by atoms with E-state index in [1.807, 2.05) is 32.0 Å². The highest BCUT2D eigenvalue weighted by atomic mass is 35.5. The molecule has 1 amide bonds. The van der Waals surface area contributed by atoms with Crippen LogP contribution in [-0.4, -0.2) is 24.8 Å². The van der Waals surface area contributed by atoms with Gasteiger partial charge in [-0.2, -0.15) is 0 Å². The van der Waals surface area contributed by atoms with E-state index in [0.717, 1.165) is 5.56 Å². The number of anilines is 1. The van der Waals surface area contributed by atoms with Crippen molar-refractivity contribution in [2.75, 3.05) is 12.0 Å². The summed E-state index contributed by atoms with van der Waals surface area (Å²) in [4.78, 5) is 40.8. The summed E-state index contributed by atoms with van der Waals surface area (Å²) < 4.78 is 4.93. The van der Waals surface area contributed by atoms with Gasteiger partial charge in [-0.05, 0) is 35.6 Å². The number of hydrogen-bond donors (Lipinski definition) is 0. The molecule has 2 aromatic carbocycles. The van der Waals surface area contributed by atoms with Gasteiger partial charge in [-0.3, -0.25) is 14.5 Å². The lowest BCUT2D eigenvalue weighted by atomic mass is 9.69. The molecule has 1 atom stereocenters. The van der Waals surface area contributed by atoms with Gasteiger partial charge in [0.1, 0.15) is 0 Å². The summed E-state index contributed by atoms with van der Waals surface area (Å²) in [6.45, 7) is 4.03. The molecule has 5 nitrogen and oxygen atoms in total. The van der Waals surface area contributed by atoms with E-state index in [-0.39, 0.29) is 29.1 Å².